The van der Waals surface area contributed by atoms with Crippen molar-refractivity contribution in [3.8, 4) is 0 Å². The largest absolute Gasteiger partial charge is 0.333 e. The Morgan fingerprint density at radius 2 is 2.17 bits per heavy atom. The van der Waals surface area contributed by atoms with Crippen LogP contribution in [0.2, 0.25) is 0 Å². The van der Waals surface area contributed by atoms with Crippen molar-refractivity contribution in [1.29, 1.82) is 0 Å². The molecular formula is C18H21N3OS. The van der Waals surface area contributed by atoms with Crippen molar-refractivity contribution in [2.75, 3.05) is 13.1 Å². The predicted molar refractivity (Wildman–Crippen MR) is 91.5 cm³/mol. The number of aromatic nitrogens is 1. The van der Waals surface area contributed by atoms with Crippen molar-refractivity contribution in [3.05, 3.63) is 52.0 Å². The zero-order chi connectivity index (χ0) is 15.8. The normalized spacial score (nSPS) is 24.1. The zero-order valence-corrected chi connectivity index (χ0v) is 14.1. The third-order valence-electron chi connectivity index (χ3n) is 5.07. The zero-order valence-electron chi connectivity index (χ0n) is 13.3. The molecular weight excluding hydrogens is 306 g/mol. The second-order valence-electron chi connectivity index (χ2n) is 6.54. The van der Waals surface area contributed by atoms with Gasteiger partial charge in [0.05, 0.1) is 5.51 Å². The number of carbonyl (C=O) groups is 1. The number of hydrogen-bond acceptors (Lipinski definition) is 4. The van der Waals surface area contributed by atoms with Crippen molar-refractivity contribution in [3.63, 3.8) is 0 Å². The van der Waals surface area contributed by atoms with Gasteiger partial charge in [-0.2, -0.15) is 0 Å². The van der Waals surface area contributed by atoms with Gasteiger partial charge < -0.3 is 4.90 Å². The van der Waals surface area contributed by atoms with Crippen LogP contribution in [0.4, 0.5) is 0 Å². The average molecular weight is 327 g/mol. The smallest absolute Gasteiger partial charge is 0.273 e. The first-order valence-corrected chi connectivity index (χ1v) is 9.15. The van der Waals surface area contributed by atoms with Crippen LogP contribution in [0.3, 0.4) is 0 Å². The molecule has 0 bridgehead atoms. The van der Waals surface area contributed by atoms with Crippen molar-refractivity contribution < 1.29 is 4.79 Å². The summed E-state index contributed by atoms with van der Waals surface area (Å²) in [6.45, 7) is 5.06. The van der Waals surface area contributed by atoms with E-state index in [0.29, 0.717) is 17.8 Å². The quantitative estimate of drug-likeness (QED) is 0.870. The highest BCUT2D eigenvalue weighted by atomic mass is 32.1. The SMILES string of the molecule is Cc1cccc(CN2CC[C@@H]3[C@H]2CCN3C(=O)c2cscn2)c1. The monoisotopic (exact) mass is 327 g/mol. The molecule has 4 rings (SSSR count). The van der Waals surface area contributed by atoms with Gasteiger partial charge in [-0.15, -0.1) is 11.3 Å². The maximum atomic E-state index is 12.6. The molecule has 1 aromatic carbocycles. The average Bonchev–Trinajstić information content (AvgIpc) is 3.25. The van der Waals surface area contributed by atoms with Crippen LogP contribution in [0.5, 0.6) is 0 Å². The molecule has 2 atom stereocenters. The lowest BCUT2D eigenvalue weighted by molar-refractivity contribution is 0.0727. The molecule has 0 N–H and O–H groups in total. The Morgan fingerprint density at radius 1 is 1.30 bits per heavy atom. The van der Waals surface area contributed by atoms with E-state index >= 15 is 0 Å². The summed E-state index contributed by atoms with van der Waals surface area (Å²) in [5.41, 5.74) is 5.02. The maximum Gasteiger partial charge on any atom is 0.273 e. The van der Waals surface area contributed by atoms with E-state index in [4.69, 9.17) is 0 Å². The number of aryl methyl sites for hydroxylation is 1. The van der Waals surface area contributed by atoms with E-state index in [1.54, 1.807) is 5.51 Å². The molecule has 5 heteroatoms. The molecule has 0 spiro atoms. The lowest BCUT2D eigenvalue weighted by Gasteiger charge is -2.25. The van der Waals surface area contributed by atoms with E-state index in [2.05, 4.69) is 46.0 Å². The molecule has 0 saturated carbocycles. The van der Waals surface area contributed by atoms with Gasteiger partial charge in [0.2, 0.25) is 0 Å². The number of nitrogens with zero attached hydrogens (tertiary/aromatic N) is 3. The second-order valence-corrected chi connectivity index (χ2v) is 7.26. The van der Waals surface area contributed by atoms with Crippen LogP contribution < -0.4 is 0 Å². The van der Waals surface area contributed by atoms with E-state index in [1.807, 2.05) is 5.38 Å². The number of hydrogen-bond donors (Lipinski definition) is 0. The number of fused-ring (bicyclic) bond motifs is 1. The fourth-order valence-electron chi connectivity index (χ4n) is 4.03. The molecule has 2 aliphatic heterocycles. The Labute approximate surface area is 140 Å². The van der Waals surface area contributed by atoms with Gasteiger partial charge in [0.1, 0.15) is 5.69 Å². The molecule has 0 unspecified atom stereocenters. The highest BCUT2D eigenvalue weighted by Crippen LogP contribution is 2.33. The summed E-state index contributed by atoms with van der Waals surface area (Å²) in [6.07, 6.45) is 2.15. The van der Waals surface area contributed by atoms with E-state index in [1.165, 1.54) is 22.5 Å². The molecule has 2 aromatic rings. The molecule has 3 heterocycles. The molecule has 1 amide bonds. The first-order valence-electron chi connectivity index (χ1n) is 8.21. The van der Waals surface area contributed by atoms with Gasteiger partial charge in [-0.1, -0.05) is 29.8 Å². The fraction of sp³-hybridized carbons (Fsp3) is 0.444. The van der Waals surface area contributed by atoms with Crippen molar-refractivity contribution in [1.82, 2.24) is 14.8 Å². The fourth-order valence-corrected chi connectivity index (χ4v) is 4.56. The molecule has 4 nitrogen and oxygen atoms in total. The summed E-state index contributed by atoms with van der Waals surface area (Å²) < 4.78 is 0. The lowest BCUT2D eigenvalue weighted by atomic mass is 10.1. The maximum absolute atomic E-state index is 12.6. The van der Waals surface area contributed by atoms with E-state index < -0.39 is 0 Å². The molecule has 0 radical (unpaired) electrons. The summed E-state index contributed by atoms with van der Waals surface area (Å²) in [5, 5.41) is 1.86. The van der Waals surface area contributed by atoms with Crippen molar-refractivity contribution in [2.45, 2.75) is 38.4 Å². The second kappa shape index (κ2) is 6.06. The van der Waals surface area contributed by atoms with Crippen LogP contribution in [0, 0.1) is 6.92 Å². The van der Waals surface area contributed by atoms with Gasteiger partial charge in [-0.05, 0) is 25.3 Å². The van der Waals surface area contributed by atoms with Gasteiger partial charge in [-0.3, -0.25) is 9.69 Å². The Hall–Kier alpha value is -1.72. The first kappa shape index (κ1) is 14.8. The molecule has 2 aliphatic rings. The van der Waals surface area contributed by atoms with Crippen LogP contribution in [0.15, 0.2) is 35.2 Å². The standard InChI is InChI=1S/C18H21N3OS/c1-13-3-2-4-14(9-13)10-20-7-5-17-16(20)6-8-21(17)18(22)15-11-23-12-19-15/h2-4,9,11-12,16-17H,5-8,10H2,1H3/t16-,17-/m1/s1. The number of carbonyl (C=O) groups excluding carboxylic acids is 1. The van der Waals surface area contributed by atoms with Crippen LogP contribution in [-0.4, -0.2) is 45.9 Å². The number of thiazole rings is 1. The molecule has 2 saturated heterocycles. The van der Waals surface area contributed by atoms with Crippen LogP contribution in [0.25, 0.3) is 0 Å². The molecule has 23 heavy (non-hydrogen) atoms. The third-order valence-corrected chi connectivity index (χ3v) is 5.66. The summed E-state index contributed by atoms with van der Waals surface area (Å²) in [7, 11) is 0. The van der Waals surface area contributed by atoms with E-state index in [0.717, 1.165) is 32.5 Å². The highest BCUT2D eigenvalue weighted by Gasteiger charge is 2.44. The van der Waals surface area contributed by atoms with Gasteiger partial charge in [0.15, 0.2) is 0 Å². The summed E-state index contributed by atoms with van der Waals surface area (Å²) in [5.74, 6) is 0.108. The Balaban J connectivity index is 1.46. The van der Waals surface area contributed by atoms with Gasteiger partial charge in [0.25, 0.3) is 5.91 Å². The number of benzene rings is 1. The minimum Gasteiger partial charge on any atom is -0.333 e. The first-order chi connectivity index (χ1) is 11.2. The summed E-state index contributed by atoms with van der Waals surface area (Å²) >= 11 is 1.49. The van der Waals surface area contributed by atoms with E-state index in [-0.39, 0.29) is 5.91 Å². The third kappa shape index (κ3) is 2.79. The lowest BCUT2D eigenvalue weighted by Crippen LogP contribution is -2.39. The molecule has 120 valence electrons. The van der Waals surface area contributed by atoms with Gasteiger partial charge in [0, 0.05) is 37.1 Å². The number of amides is 1. The van der Waals surface area contributed by atoms with Crippen LogP contribution in [-0.2, 0) is 6.54 Å². The predicted octanol–water partition coefficient (Wildman–Crippen LogP) is 2.94. The number of likely N-dealkylation sites (tertiary alicyclic amines) is 2. The molecule has 1 aromatic heterocycles. The van der Waals surface area contributed by atoms with Crippen LogP contribution >= 0.6 is 11.3 Å². The highest BCUT2D eigenvalue weighted by molar-refractivity contribution is 7.07. The Morgan fingerprint density at radius 3 is 2.96 bits per heavy atom. The Kier molecular flexibility index (Phi) is 3.91. The van der Waals surface area contributed by atoms with Crippen LogP contribution in [0.1, 0.15) is 34.5 Å². The number of rotatable bonds is 3. The van der Waals surface area contributed by atoms with Crippen molar-refractivity contribution >= 4 is 17.2 Å². The van der Waals surface area contributed by atoms with E-state index in [9.17, 15) is 4.79 Å². The minimum atomic E-state index is 0.108. The Bertz CT molecular complexity index is 700. The summed E-state index contributed by atoms with van der Waals surface area (Å²) in [4.78, 5) is 21.4. The summed E-state index contributed by atoms with van der Waals surface area (Å²) in [6, 6.07) is 9.59. The van der Waals surface area contributed by atoms with Crippen molar-refractivity contribution in [2.24, 2.45) is 0 Å². The topological polar surface area (TPSA) is 36.4 Å². The van der Waals surface area contributed by atoms with Gasteiger partial charge >= 0.3 is 0 Å². The molecule has 0 aliphatic carbocycles. The molecule has 2 fully saturated rings. The van der Waals surface area contributed by atoms with Gasteiger partial charge in [-0.25, -0.2) is 4.98 Å². The minimum absolute atomic E-state index is 0.108.